The molecule has 0 aromatic heterocycles. The lowest BCUT2D eigenvalue weighted by Gasteiger charge is -2.13. The molecule has 1 aromatic rings. The maximum atomic E-state index is 12.4. The molecule has 0 radical (unpaired) electrons. The van der Waals surface area contributed by atoms with Crippen LogP contribution in [0.5, 0.6) is 11.5 Å². The summed E-state index contributed by atoms with van der Waals surface area (Å²) in [6, 6.07) is 3.13. The number of methoxy groups -OCH3 is 1. The van der Waals surface area contributed by atoms with Crippen LogP contribution in [0.1, 0.15) is 11.1 Å². The molecule has 1 N–H and O–H groups in total. The van der Waals surface area contributed by atoms with Gasteiger partial charge < -0.3 is 9.84 Å². The van der Waals surface area contributed by atoms with Crippen LogP contribution in [-0.2, 0) is 6.18 Å². The second-order valence-electron chi connectivity index (χ2n) is 2.65. The highest BCUT2D eigenvalue weighted by molar-refractivity contribution is 5.56. The van der Waals surface area contributed by atoms with Gasteiger partial charge in [-0.1, -0.05) is 0 Å². The van der Waals surface area contributed by atoms with Gasteiger partial charge in [-0.25, -0.2) is 0 Å². The molecule has 0 fully saturated rings. The van der Waals surface area contributed by atoms with Gasteiger partial charge in [-0.3, -0.25) is 0 Å². The van der Waals surface area contributed by atoms with Crippen molar-refractivity contribution in [3.8, 4) is 17.6 Å². The molecule has 0 aliphatic carbocycles. The Kier molecular flexibility index (Phi) is 2.75. The van der Waals surface area contributed by atoms with E-state index in [1.165, 1.54) is 0 Å². The van der Waals surface area contributed by atoms with Crippen LogP contribution in [0.2, 0.25) is 0 Å². The number of hydrogen-bond acceptors (Lipinski definition) is 3. The number of hydrogen-bond donors (Lipinski definition) is 1. The Balaban J connectivity index is 3.46. The Hall–Kier alpha value is -1.90. The van der Waals surface area contributed by atoms with Gasteiger partial charge in [-0.05, 0) is 12.1 Å². The van der Waals surface area contributed by atoms with Crippen LogP contribution in [0.25, 0.3) is 0 Å². The zero-order valence-electron chi connectivity index (χ0n) is 7.59. The molecule has 1 aromatic carbocycles. The third-order valence-electron chi connectivity index (χ3n) is 1.76. The van der Waals surface area contributed by atoms with Crippen LogP contribution in [0.4, 0.5) is 13.2 Å². The molecule has 15 heavy (non-hydrogen) atoms. The summed E-state index contributed by atoms with van der Waals surface area (Å²) in [4.78, 5) is 0. The molecule has 1 rings (SSSR count). The van der Waals surface area contributed by atoms with Crippen molar-refractivity contribution in [1.82, 2.24) is 0 Å². The summed E-state index contributed by atoms with van der Waals surface area (Å²) in [6.07, 6.45) is -4.63. The number of nitriles is 1. The minimum Gasteiger partial charge on any atom is -0.503 e. The van der Waals surface area contributed by atoms with Crippen molar-refractivity contribution in [2.24, 2.45) is 0 Å². The second kappa shape index (κ2) is 3.69. The Morgan fingerprint density at radius 3 is 2.40 bits per heavy atom. The standard InChI is InChI=1S/C9H6F3NO2/c1-15-8-6(9(10,11)12)3-2-5(4-13)7(8)14/h2-3,14H,1H3. The van der Waals surface area contributed by atoms with E-state index in [0.29, 0.717) is 6.07 Å². The summed E-state index contributed by atoms with van der Waals surface area (Å²) < 4.78 is 41.6. The van der Waals surface area contributed by atoms with Gasteiger partial charge in [0, 0.05) is 0 Å². The van der Waals surface area contributed by atoms with Crippen LogP contribution < -0.4 is 4.74 Å². The molecule has 0 amide bonds. The lowest BCUT2D eigenvalue weighted by atomic mass is 10.1. The SMILES string of the molecule is COc1c(C(F)(F)F)ccc(C#N)c1O. The van der Waals surface area contributed by atoms with Gasteiger partial charge in [0.25, 0.3) is 0 Å². The highest BCUT2D eigenvalue weighted by Gasteiger charge is 2.36. The fraction of sp³-hybridized carbons (Fsp3) is 0.222. The first-order chi connectivity index (χ1) is 6.91. The van der Waals surface area contributed by atoms with E-state index in [2.05, 4.69) is 4.74 Å². The van der Waals surface area contributed by atoms with Crippen LogP contribution >= 0.6 is 0 Å². The van der Waals surface area contributed by atoms with Crippen molar-refractivity contribution in [3.05, 3.63) is 23.3 Å². The monoisotopic (exact) mass is 217 g/mol. The molecule has 0 heterocycles. The van der Waals surface area contributed by atoms with Gasteiger partial charge in [0.2, 0.25) is 0 Å². The number of phenols is 1. The maximum Gasteiger partial charge on any atom is 0.420 e. The molecule has 0 spiro atoms. The van der Waals surface area contributed by atoms with Gasteiger partial charge >= 0.3 is 6.18 Å². The van der Waals surface area contributed by atoms with E-state index in [1.807, 2.05) is 0 Å². The van der Waals surface area contributed by atoms with Crippen LogP contribution in [-0.4, -0.2) is 12.2 Å². The largest absolute Gasteiger partial charge is 0.503 e. The molecular weight excluding hydrogens is 211 g/mol. The fourth-order valence-electron chi connectivity index (χ4n) is 1.09. The van der Waals surface area contributed by atoms with Gasteiger partial charge in [0.05, 0.1) is 12.7 Å². The molecule has 0 aliphatic rings. The average Bonchev–Trinajstić information content (AvgIpc) is 2.15. The third-order valence-corrected chi connectivity index (χ3v) is 1.76. The number of nitrogens with zero attached hydrogens (tertiary/aromatic N) is 1. The molecule has 80 valence electrons. The molecular formula is C9H6F3NO2. The molecule has 0 atom stereocenters. The highest BCUT2D eigenvalue weighted by Crippen LogP contribution is 2.42. The predicted molar refractivity (Wildman–Crippen MR) is 44.4 cm³/mol. The first-order valence-electron chi connectivity index (χ1n) is 3.79. The Labute approximate surface area is 83.3 Å². The van der Waals surface area contributed by atoms with E-state index in [9.17, 15) is 18.3 Å². The van der Waals surface area contributed by atoms with Crippen molar-refractivity contribution in [2.75, 3.05) is 7.11 Å². The van der Waals surface area contributed by atoms with Gasteiger partial charge in [0.1, 0.15) is 11.6 Å². The number of ether oxygens (including phenoxy) is 1. The molecule has 0 unspecified atom stereocenters. The summed E-state index contributed by atoms with van der Waals surface area (Å²) in [5.41, 5.74) is -1.37. The summed E-state index contributed by atoms with van der Waals surface area (Å²) in [5, 5.41) is 17.8. The molecule has 6 heteroatoms. The zero-order chi connectivity index (χ0) is 11.6. The molecule has 3 nitrogen and oxygen atoms in total. The first-order valence-corrected chi connectivity index (χ1v) is 3.79. The number of alkyl halides is 3. The Morgan fingerprint density at radius 1 is 1.40 bits per heavy atom. The number of rotatable bonds is 1. The fourth-order valence-corrected chi connectivity index (χ4v) is 1.09. The zero-order valence-corrected chi connectivity index (χ0v) is 7.59. The van der Waals surface area contributed by atoms with Crippen LogP contribution in [0.3, 0.4) is 0 Å². The van der Waals surface area contributed by atoms with Gasteiger partial charge in [-0.2, -0.15) is 18.4 Å². The molecule has 0 bridgehead atoms. The second-order valence-corrected chi connectivity index (χ2v) is 2.65. The van der Waals surface area contributed by atoms with Gasteiger partial charge in [-0.15, -0.1) is 0 Å². The van der Waals surface area contributed by atoms with Crippen LogP contribution in [0.15, 0.2) is 12.1 Å². The summed E-state index contributed by atoms with van der Waals surface area (Å²) >= 11 is 0. The van der Waals surface area contributed by atoms with E-state index < -0.39 is 23.2 Å². The van der Waals surface area contributed by atoms with Crippen molar-refractivity contribution in [1.29, 1.82) is 5.26 Å². The average molecular weight is 217 g/mol. The number of benzene rings is 1. The Morgan fingerprint density at radius 2 is 2.00 bits per heavy atom. The van der Waals surface area contributed by atoms with E-state index in [4.69, 9.17) is 5.26 Å². The number of phenolic OH excluding ortho intramolecular Hbond substituents is 1. The summed E-state index contributed by atoms with van der Waals surface area (Å²) in [5.74, 6) is -1.53. The molecule has 0 saturated heterocycles. The maximum absolute atomic E-state index is 12.4. The first kappa shape index (κ1) is 11.2. The van der Waals surface area contributed by atoms with E-state index in [0.717, 1.165) is 13.2 Å². The minimum absolute atomic E-state index is 0.264. The van der Waals surface area contributed by atoms with Crippen molar-refractivity contribution in [3.63, 3.8) is 0 Å². The van der Waals surface area contributed by atoms with E-state index in [1.54, 1.807) is 6.07 Å². The quantitative estimate of drug-likeness (QED) is 0.785. The molecule has 0 aliphatic heterocycles. The van der Waals surface area contributed by atoms with E-state index >= 15 is 0 Å². The lowest BCUT2D eigenvalue weighted by molar-refractivity contribution is -0.138. The highest BCUT2D eigenvalue weighted by atomic mass is 19.4. The third kappa shape index (κ3) is 1.96. The number of halogens is 3. The predicted octanol–water partition coefficient (Wildman–Crippen LogP) is 2.29. The smallest absolute Gasteiger partial charge is 0.420 e. The Bertz CT molecular complexity index is 421. The number of aromatic hydroxyl groups is 1. The molecule has 0 saturated carbocycles. The summed E-state index contributed by atoms with van der Waals surface area (Å²) in [7, 11) is 0.992. The topological polar surface area (TPSA) is 53.2 Å². The van der Waals surface area contributed by atoms with Gasteiger partial charge in [0.15, 0.2) is 11.5 Å². The summed E-state index contributed by atoms with van der Waals surface area (Å²) in [6.45, 7) is 0. The van der Waals surface area contributed by atoms with Crippen LogP contribution in [0, 0.1) is 11.3 Å². The van der Waals surface area contributed by atoms with Crippen molar-refractivity contribution in [2.45, 2.75) is 6.18 Å². The van der Waals surface area contributed by atoms with Crippen molar-refractivity contribution < 1.29 is 23.0 Å². The lowest BCUT2D eigenvalue weighted by Crippen LogP contribution is -2.07. The van der Waals surface area contributed by atoms with E-state index in [-0.39, 0.29) is 5.56 Å². The normalized spacial score (nSPS) is 10.9. The van der Waals surface area contributed by atoms with Crippen molar-refractivity contribution >= 4 is 0 Å². The minimum atomic E-state index is -4.63.